The summed E-state index contributed by atoms with van der Waals surface area (Å²) in [6.45, 7) is 3.89. The quantitative estimate of drug-likeness (QED) is 0.712. The fourth-order valence-electron chi connectivity index (χ4n) is 1.02. The van der Waals surface area contributed by atoms with Gasteiger partial charge < -0.3 is 9.15 Å². The first-order valence-electron chi connectivity index (χ1n) is 4.66. The Morgan fingerprint density at radius 2 is 2.29 bits per heavy atom. The SMILES string of the molecule is COC(C)(C)c1cnc(CCCCl)o1. The predicted octanol–water partition coefficient (Wildman–Crippen LogP) is 2.73. The van der Waals surface area contributed by atoms with Crippen LogP contribution < -0.4 is 0 Å². The highest BCUT2D eigenvalue weighted by Gasteiger charge is 2.24. The van der Waals surface area contributed by atoms with Gasteiger partial charge in [-0.15, -0.1) is 11.6 Å². The number of methoxy groups -OCH3 is 1. The molecule has 0 N–H and O–H groups in total. The molecule has 0 amide bonds. The molecule has 14 heavy (non-hydrogen) atoms. The van der Waals surface area contributed by atoms with E-state index in [0.29, 0.717) is 5.88 Å². The molecule has 0 fully saturated rings. The van der Waals surface area contributed by atoms with Crippen molar-refractivity contribution in [3.63, 3.8) is 0 Å². The first kappa shape index (κ1) is 11.5. The van der Waals surface area contributed by atoms with E-state index < -0.39 is 5.60 Å². The normalized spacial score (nSPS) is 12.0. The van der Waals surface area contributed by atoms with E-state index in [1.54, 1.807) is 13.3 Å². The second-order valence-electron chi connectivity index (χ2n) is 3.63. The van der Waals surface area contributed by atoms with Gasteiger partial charge in [0.05, 0.1) is 6.20 Å². The average Bonchev–Trinajstić information content (AvgIpc) is 2.63. The van der Waals surface area contributed by atoms with Gasteiger partial charge in [-0.05, 0) is 20.3 Å². The van der Waals surface area contributed by atoms with Crippen LogP contribution in [0.2, 0.25) is 0 Å². The molecule has 0 saturated heterocycles. The van der Waals surface area contributed by atoms with E-state index in [9.17, 15) is 0 Å². The lowest BCUT2D eigenvalue weighted by Crippen LogP contribution is -2.18. The Labute approximate surface area is 89.4 Å². The number of hydrogen-bond acceptors (Lipinski definition) is 3. The lowest BCUT2D eigenvalue weighted by Gasteiger charge is -2.18. The van der Waals surface area contributed by atoms with Gasteiger partial charge in [0.1, 0.15) is 5.60 Å². The summed E-state index contributed by atoms with van der Waals surface area (Å²) >= 11 is 5.58. The van der Waals surface area contributed by atoms with E-state index in [1.807, 2.05) is 13.8 Å². The minimum Gasteiger partial charge on any atom is -0.443 e. The average molecular weight is 218 g/mol. The molecule has 0 radical (unpaired) electrons. The molecule has 80 valence electrons. The van der Waals surface area contributed by atoms with E-state index in [4.69, 9.17) is 20.8 Å². The molecule has 1 aromatic rings. The lowest BCUT2D eigenvalue weighted by molar-refractivity contribution is 0.000106. The van der Waals surface area contributed by atoms with Gasteiger partial charge in [0, 0.05) is 19.4 Å². The zero-order chi connectivity index (χ0) is 10.6. The monoisotopic (exact) mass is 217 g/mol. The number of rotatable bonds is 5. The summed E-state index contributed by atoms with van der Waals surface area (Å²) in [4.78, 5) is 4.16. The summed E-state index contributed by atoms with van der Waals surface area (Å²) in [5.74, 6) is 2.11. The van der Waals surface area contributed by atoms with E-state index in [1.165, 1.54) is 0 Å². The smallest absolute Gasteiger partial charge is 0.194 e. The van der Waals surface area contributed by atoms with Crippen molar-refractivity contribution in [3.05, 3.63) is 17.8 Å². The van der Waals surface area contributed by atoms with Crippen molar-refractivity contribution in [2.45, 2.75) is 32.3 Å². The molecule has 0 aliphatic carbocycles. The van der Waals surface area contributed by atoms with Gasteiger partial charge in [-0.25, -0.2) is 4.98 Å². The minimum atomic E-state index is -0.411. The molecule has 4 heteroatoms. The largest absolute Gasteiger partial charge is 0.443 e. The first-order valence-corrected chi connectivity index (χ1v) is 5.20. The van der Waals surface area contributed by atoms with Crippen molar-refractivity contribution in [1.29, 1.82) is 0 Å². The van der Waals surface area contributed by atoms with Crippen LogP contribution in [0.4, 0.5) is 0 Å². The van der Waals surface area contributed by atoms with E-state index in [0.717, 1.165) is 24.5 Å². The lowest BCUT2D eigenvalue weighted by atomic mass is 10.1. The van der Waals surface area contributed by atoms with Gasteiger partial charge >= 0.3 is 0 Å². The Kier molecular flexibility index (Phi) is 3.96. The van der Waals surface area contributed by atoms with Crippen molar-refractivity contribution in [2.75, 3.05) is 13.0 Å². The van der Waals surface area contributed by atoms with Crippen LogP contribution in [0.15, 0.2) is 10.6 Å². The number of alkyl halides is 1. The Hall–Kier alpha value is -0.540. The van der Waals surface area contributed by atoms with E-state index in [2.05, 4.69) is 4.98 Å². The van der Waals surface area contributed by atoms with Crippen molar-refractivity contribution in [3.8, 4) is 0 Å². The van der Waals surface area contributed by atoms with Gasteiger partial charge in [0.25, 0.3) is 0 Å². The summed E-state index contributed by atoms with van der Waals surface area (Å²) in [5.41, 5.74) is -0.411. The molecule has 0 aromatic carbocycles. The van der Waals surface area contributed by atoms with E-state index in [-0.39, 0.29) is 0 Å². The summed E-state index contributed by atoms with van der Waals surface area (Å²) in [6, 6.07) is 0. The number of aromatic nitrogens is 1. The summed E-state index contributed by atoms with van der Waals surface area (Å²) in [5, 5.41) is 0. The predicted molar refractivity (Wildman–Crippen MR) is 55.6 cm³/mol. The maximum absolute atomic E-state index is 5.58. The molecule has 1 rings (SSSR count). The number of halogens is 1. The zero-order valence-corrected chi connectivity index (χ0v) is 9.60. The Bertz CT molecular complexity index is 283. The molecule has 0 bridgehead atoms. The molecule has 1 heterocycles. The highest BCUT2D eigenvalue weighted by atomic mass is 35.5. The van der Waals surface area contributed by atoms with Crippen LogP contribution >= 0.6 is 11.6 Å². The standard InChI is InChI=1S/C10H16ClNO2/c1-10(2,13-3)8-7-12-9(14-8)5-4-6-11/h7H,4-6H2,1-3H3. The fraction of sp³-hybridized carbons (Fsp3) is 0.700. The minimum absolute atomic E-state index is 0.411. The topological polar surface area (TPSA) is 35.3 Å². The molecule has 0 aliphatic heterocycles. The van der Waals surface area contributed by atoms with Crippen LogP contribution in [0.5, 0.6) is 0 Å². The van der Waals surface area contributed by atoms with Crippen LogP contribution in [0.25, 0.3) is 0 Å². The molecule has 0 spiro atoms. The van der Waals surface area contributed by atoms with Crippen LogP contribution in [0, 0.1) is 0 Å². The maximum atomic E-state index is 5.58. The number of nitrogens with zero attached hydrogens (tertiary/aromatic N) is 1. The number of aryl methyl sites for hydroxylation is 1. The summed E-state index contributed by atoms with van der Waals surface area (Å²) < 4.78 is 10.8. The second-order valence-corrected chi connectivity index (χ2v) is 4.00. The van der Waals surface area contributed by atoms with Crippen molar-refractivity contribution in [1.82, 2.24) is 4.98 Å². The van der Waals surface area contributed by atoms with Gasteiger partial charge in [0.15, 0.2) is 11.7 Å². The third-order valence-electron chi connectivity index (χ3n) is 2.18. The molecule has 1 aromatic heterocycles. The van der Waals surface area contributed by atoms with Gasteiger partial charge in [-0.3, -0.25) is 0 Å². The molecule has 3 nitrogen and oxygen atoms in total. The van der Waals surface area contributed by atoms with Crippen molar-refractivity contribution < 1.29 is 9.15 Å². The number of hydrogen-bond donors (Lipinski definition) is 0. The number of ether oxygens (including phenoxy) is 1. The number of oxazole rings is 1. The Balaban J connectivity index is 2.67. The molecular formula is C10H16ClNO2. The van der Waals surface area contributed by atoms with Crippen LogP contribution in [0.3, 0.4) is 0 Å². The van der Waals surface area contributed by atoms with Gasteiger partial charge in [-0.1, -0.05) is 0 Å². The Morgan fingerprint density at radius 1 is 1.57 bits per heavy atom. The highest BCUT2D eigenvalue weighted by molar-refractivity contribution is 6.17. The molecule has 0 unspecified atom stereocenters. The van der Waals surface area contributed by atoms with Gasteiger partial charge in [-0.2, -0.15) is 0 Å². The molecule has 0 aliphatic rings. The van der Waals surface area contributed by atoms with Crippen molar-refractivity contribution >= 4 is 11.6 Å². The van der Waals surface area contributed by atoms with Crippen molar-refractivity contribution in [2.24, 2.45) is 0 Å². The summed E-state index contributed by atoms with van der Waals surface area (Å²) in [6.07, 6.45) is 3.38. The Morgan fingerprint density at radius 3 is 2.86 bits per heavy atom. The third-order valence-corrected chi connectivity index (χ3v) is 2.45. The van der Waals surface area contributed by atoms with Crippen LogP contribution in [0.1, 0.15) is 31.9 Å². The van der Waals surface area contributed by atoms with E-state index >= 15 is 0 Å². The first-order chi connectivity index (χ1) is 6.60. The maximum Gasteiger partial charge on any atom is 0.194 e. The van der Waals surface area contributed by atoms with Gasteiger partial charge in [0.2, 0.25) is 0 Å². The third kappa shape index (κ3) is 2.72. The zero-order valence-electron chi connectivity index (χ0n) is 8.84. The van der Waals surface area contributed by atoms with Crippen LogP contribution in [-0.2, 0) is 16.8 Å². The molecular weight excluding hydrogens is 202 g/mol. The highest BCUT2D eigenvalue weighted by Crippen LogP contribution is 2.24. The molecule has 0 saturated carbocycles. The van der Waals surface area contributed by atoms with Crippen LogP contribution in [-0.4, -0.2) is 18.0 Å². The fourth-order valence-corrected chi connectivity index (χ4v) is 1.16. The second kappa shape index (κ2) is 4.80. The molecule has 0 atom stereocenters. The summed E-state index contributed by atoms with van der Waals surface area (Å²) in [7, 11) is 1.65.